The minimum atomic E-state index is -0.381. The largest absolute Gasteiger partial charge is 0.490 e. The van der Waals surface area contributed by atoms with E-state index in [2.05, 4.69) is 37.0 Å². The minimum absolute atomic E-state index is 0.220. The summed E-state index contributed by atoms with van der Waals surface area (Å²) in [6.45, 7) is 10.9. The van der Waals surface area contributed by atoms with Crippen molar-refractivity contribution in [1.82, 2.24) is 9.66 Å². The van der Waals surface area contributed by atoms with E-state index in [-0.39, 0.29) is 11.0 Å². The van der Waals surface area contributed by atoms with E-state index < -0.39 is 0 Å². The number of ether oxygens (including phenoxy) is 2. The van der Waals surface area contributed by atoms with Crippen molar-refractivity contribution < 1.29 is 9.47 Å². The molecule has 31 heavy (non-hydrogen) atoms. The van der Waals surface area contributed by atoms with Crippen molar-refractivity contribution in [3.8, 4) is 11.5 Å². The predicted molar refractivity (Wildman–Crippen MR) is 132 cm³/mol. The Balaban J connectivity index is 2.16. The Kier molecular flexibility index (Phi) is 7.21. The lowest BCUT2D eigenvalue weighted by Gasteiger charge is -2.21. The average Bonchev–Trinajstić information content (AvgIpc) is 2.69. The Labute approximate surface area is 198 Å². The van der Waals surface area contributed by atoms with Crippen LogP contribution in [-0.4, -0.2) is 29.1 Å². The summed E-state index contributed by atoms with van der Waals surface area (Å²) in [6, 6.07) is 9.20. The topological polar surface area (TPSA) is 65.7 Å². The smallest absolute Gasteiger partial charge is 0.282 e. The number of benzene rings is 2. The van der Waals surface area contributed by atoms with Crippen LogP contribution in [0.4, 0.5) is 0 Å². The van der Waals surface area contributed by atoms with Crippen molar-refractivity contribution in [3.05, 3.63) is 61.0 Å². The zero-order chi connectivity index (χ0) is 22.8. The van der Waals surface area contributed by atoms with Crippen LogP contribution in [0.1, 0.15) is 46.0 Å². The summed E-state index contributed by atoms with van der Waals surface area (Å²) in [5.41, 5.74) is 0.808. The standard InChI is InChI=1S/C23H25Br2N3O3/c1-6-30-19-11-14(10-17(25)20(19)31-7-2)13-26-28-21(29)16-12-15(24)8-9-18(16)27-22(28)23(3,4)5/h8-13H,6-7H2,1-5H3. The Morgan fingerprint density at radius 1 is 1.10 bits per heavy atom. The monoisotopic (exact) mass is 549 g/mol. The fourth-order valence-electron chi connectivity index (χ4n) is 3.08. The Morgan fingerprint density at radius 3 is 2.45 bits per heavy atom. The molecule has 3 aromatic rings. The van der Waals surface area contributed by atoms with Gasteiger partial charge in [-0.2, -0.15) is 9.78 Å². The highest BCUT2D eigenvalue weighted by Crippen LogP contribution is 2.36. The van der Waals surface area contributed by atoms with E-state index in [1.54, 1.807) is 12.3 Å². The van der Waals surface area contributed by atoms with Crippen molar-refractivity contribution >= 4 is 49.0 Å². The molecule has 0 unspecified atom stereocenters. The van der Waals surface area contributed by atoms with Gasteiger partial charge in [0.05, 0.1) is 34.8 Å². The molecule has 0 bridgehead atoms. The summed E-state index contributed by atoms with van der Waals surface area (Å²) in [6.07, 6.45) is 1.63. The summed E-state index contributed by atoms with van der Waals surface area (Å²) in [4.78, 5) is 18.0. The quantitative estimate of drug-likeness (QED) is 0.358. The second-order valence-corrected chi connectivity index (χ2v) is 9.67. The van der Waals surface area contributed by atoms with Gasteiger partial charge in [-0.1, -0.05) is 36.7 Å². The van der Waals surface area contributed by atoms with E-state index in [0.29, 0.717) is 41.4 Å². The van der Waals surface area contributed by atoms with Crippen LogP contribution in [0.3, 0.4) is 0 Å². The van der Waals surface area contributed by atoms with Crippen LogP contribution >= 0.6 is 31.9 Å². The lowest BCUT2D eigenvalue weighted by molar-refractivity contribution is 0.286. The van der Waals surface area contributed by atoms with Gasteiger partial charge in [0, 0.05) is 9.89 Å². The number of hydrogen-bond donors (Lipinski definition) is 0. The molecule has 1 aromatic heterocycles. The Morgan fingerprint density at radius 2 is 1.81 bits per heavy atom. The molecule has 164 valence electrons. The molecule has 0 aliphatic heterocycles. The molecule has 3 rings (SSSR count). The van der Waals surface area contributed by atoms with Gasteiger partial charge in [0.1, 0.15) is 5.82 Å². The van der Waals surface area contributed by atoms with E-state index in [1.807, 2.05) is 58.9 Å². The second kappa shape index (κ2) is 9.53. The van der Waals surface area contributed by atoms with Crippen molar-refractivity contribution in [2.75, 3.05) is 13.2 Å². The van der Waals surface area contributed by atoms with Gasteiger partial charge in [-0.25, -0.2) is 4.98 Å². The van der Waals surface area contributed by atoms with Crippen LogP contribution in [0.25, 0.3) is 10.9 Å². The van der Waals surface area contributed by atoms with Crippen molar-refractivity contribution in [2.24, 2.45) is 5.10 Å². The van der Waals surface area contributed by atoms with Gasteiger partial charge >= 0.3 is 0 Å². The first kappa shape index (κ1) is 23.5. The van der Waals surface area contributed by atoms with Crippen molar-refractivity contribution in [2.45, 2.75) is 40.0 Å². The number of nitrogens with zero attached hydrogens (tertiary/aromatic N) is 3. The predicted octanol–water partition coefficient (Wildman–Crippen LogP) is 5.90. The molecule has 1 heterocycles. The maximum absolute atomic E-state index is 13.3. The molecule has 0 aliphatic carbocycles. The fourth-order valence-corrected chi connectivity index (χ4v) is 4.01. The Bertz CT molecular complexity index is 1200. The molecule has 0 spiro atoms. The molecule has 0 radical (unpaired) electrons. The van der Waals surface area contributed by atoms with Gasteiger partial charge in [-0.15, -0.1) is 0 Å². The summed E-state index contributed by atoms with van der Waals surface area (Å²) in [5.74, 6) is 1.84. The molecule has 0 atom stereocenters. The summed E-state index contributed by atoms with van der Waals surface area (Å²) >= 11 is 6.97. The van der Waals surface area contributed by atoms with E-state index in [0.717, 1.165) is 14.5 Å². The van der Waals surface area contributed by atoms with Crippen LogP contribution in [0.2, 0.25) is 0 Å². The molecule has 0 amide bonds. The maximum atomic E-state index is 13.3. The fraction of sp³-hybridized carbons (Fsp3) is 0.348. The zero-order valence-corrected chi connectivity index (χ0v) is 21.4. The van der Waals surface area contributed by atoms with Gasteiger partial charge in [0.2, 0.25) is 0 Å². The lowest BCUT2D eigenvalue weighted by Crippen LogP contribution is -2.29. The first-order valence-electron chi connectivity index (χ1n) is 10.0. The summed E-state index contributed by atoms with van der Waals surface area (Å²) in [5, 5.41) is 5.03. The molecule has 6 nitrogen and oxygen atoms in total. The highest BCUT2D eigenvalue weighted by molar-refractivity contribution is 9.10. The van der Waals surface area contributed by atoms with E-state index >= 15 is 0 Å². The molecule has 0 aliphatic rings. The summed E-state index contributed by atoms with van der Waals surface area (Å²) in [7, 11) is 0. The highest BCUT2D eigenvalue weighted by atomic mass is 79.9. The maximum Gasteiger partial charge on any atom is 0.282 e. The zero-order valence-electron chi connectivity index (χ0n) is 18.2. The third-order valence-electron chi connectivity index (χ3n) is 4.42. The number of aromatic nitrogens is 2. The van der Waals surface area contributed by atoms with Crippen LogP contribution in [0, 0.1) is 0 Å². The van der Waals surface area contributed by atoms with Crippen LogP contribution in [0.5, 0.6) is 11.5 Å². The van der Waals surface area contributed by atoms with E-state index in [1.165, 1.54) is 4.68 Å². The van der Waals surface area contributed by atoms with Gasteiger partial charge in [-0.3, -0.25) is 4.79 Å². The molecule has 0 fully saturated rings. The van der Waals surface area contributed by atoms with E-state index in [4.69, 9.17) is 14.5 Å². The van der Waals surface area contributed by atoms with Crippen LogP contribution in [-0.2, 0) is 5.41 Å². The number of rotatable bonds is 6. The van der Waals surface area contributed by atoms with Gasteiger partial charge in [-0.05, 0) is 65.7 Å². The molecule has 0 saturated carbocycles. The molecular formula is C23H25Br2N3O3. The normalized spacial score (nSPS) is 12.0. The summed E-state index contributed by atoms with van der Waals surface area (Å²) < 4.78 is 14.4. The van der Waals surface area contributed by atoms with Crippen LogP contribution < -0.4 is 15.0 Å². The van der Waals surface area contributed by atoms with Crippen molar-refractivity contribution in [1.29, 1.82) is 0 Å². The molecule has 2 aromatic carbocycles. The van der Waals surface area contributed by atoms with Gasteiger partial charge < -0.3 is 9.47 Å². The minimum Gasteiger partial charge on any atom is -0.490 e. The number of hydrogen-bond acceptors (Lipinski definition) is 5. The average molecular weight is 551 g/mol. The molecule has 0 N–H and O–H groups in total. The molecule has 8 heteroatoms. The highest BCUT2D eigenvalue weighted by Gasteiger charge is 2.23. The molecular weight excluding hydrogens is 526 g/mol. The Hall–Kier alpha value is -2.19. The third kappa shape index (κ3) is 5.18. The number of halogens is 2. The number of fused-ring (bicyclic) bond motifs is 1. The second-order valence-electron chi connectivity index (χ2n) is 7.90. The van der Waals surface area contributed by atoms with Gasteiger partial charge in [0.25, 0.3) is 5.56 Å². The first-order chi connectivity index (χ1) is 14.7. The molecule has 0 saturated heterocycles. The van der Waals surface area contributed by atoms with E-state index in [9.17, 15) is 4.79 Å². The third-order valence-corrected chi connectivity index (χ3v) is 5.50. The lowest BCUT2D eigenvalue weighted by atomic mass is 9.95. The van der Waals surface area contributed by atoms with Gasteiger partial charge in [0.15, 0.2) is 11.5 Å². The van der Waals surface area contributed by atoms with Crippen molar-refractivity contribution in [3.63, 3.8) is 0 Å². The first-order valence-corrected chi connectivity index (χ1v) is 11.6. The SMILES string of the molecule is CCOc1cc(C=Nn2c(C(C)(C)C)nc3ccc(Br)cc3c2=O)cc(Br)c1OCC. The van der Waals surface area contributed by atoms with Crippen LogP contribution in [0.15, 0.2) is 49.2 Å².